The van der Waals surface area contributed by atoms with Gasteiger partial charge < -0.3 is 10.1 Å². The summed E-state index contributed by atoms with van der Waals surface area (Å²) < 4.78 is 33.3. The molecule has 32 heavy (non-hydrogen) atoms. The molecule has 0 aliphatic rings. The first-order valence-electron chi connectivity index (χ1n) is 9.32. The van der Waals surface area contributed by atoms with Crippen LogP contribution in [0.4, 0.5) is 11.4 Å². The third-order valence-electron chi connectivity index (χ3n) is 4.26. The number of hydrogen-bond donors (Lipinski definition) is 2. The van der Waals surface area contributed by atoms with Crippen LogP contribution in [-0.4, -0.2) is 20.9 Å². The molecule has 0 saturated carbocycles. The van der Waals surface area contributed by atoms with Crippen LogP contribution in [0.2, 0.25) is 15.1 Å². The van der Waals surface area contributed by atoms with Crippen LogP contribution in [0.5, 0.6) is 5.75 Å². The first-order valence-corrected chi connectivity index (χ1v) is 11.9. The number of benzene rings is 3. The summed E-state index contributed by atoms with van der Waals surface area (Å²) in [5.41, 5.74) is 2.69. The van der Waals surface area contributed by atoms with Gasteiger partial charge in [-0.2, -0.15) is 0 Å². The minimum absolute atomic E-state index is 0.0658. The fourth-order valence-corrected chi connectivity index (χ4v) is 4.55. The van der Waals surface area contributed by atoms with Crippen LogP contribution < -0.4 is 14.8 Å². The van der Waals surface area contributed by atoms with Crippen LogP contribution in [-0.2, 0) is 14.8 Å². The number of carbonyl (C=O) groups is 1. The minimum Gasteiger partial charge on any atom is -0.484 e. The number of nitrogens with one attached hydrogen (secondary N) is 2. The maximum atomic E-state index is 12.6. The molecule has 0 aliphatic carbocycles. The molecule has 0 unspecified atom stereocenters. The zero-order chi connectivity index (χ0) is 23.5. The van der Waals surface area contributed by atoms with Gasteiger partial charge in [0.25, 0.3) is 15.9 Å². The smallest absolute Gasteiger partial charge is 0.262 e. The molecule has 3 aromatic carbocycles. The molecule has 0 spiro atoms. The number of halogens is 3. The molecule has 168 valence electrons. The van der Waals surface area contributed by atoms with Crippen molar-refractivity contribution in [1.29, 1.82) is 0 Å². The zero-order valence-corrected chi connectivity index (χ0v) is 20.2. The van der Waals surface area contributed by atoms with E-state index in [1.807, 2.05) is 19.9 Å². The van der Waals surface area contributed by atoms with Crippen molar-refractivity contribution in [3.8, 4) is 5.75 Å². The Morgan fingerprint density at radius 1 is 0.875 bits per heavy atom. The minimum atomic E-state index is -3.77. The predicted molar refractivity (Wildman–Crippen MR) is 129 cm³/mol. The van der Waals surface area contributed by atoms with Crippen LogP contribution in [0.1, 0.15) is 11.1 Å². The van der Waals surface area contributed by atoms with E-state index in [2.05, 4.69) is 10.0 Å². The molecule has 2 N–H and O–H groups in total. The molecule has 0 aliphatic heterocycles. The van der Waals surface area contributed by atoms with E-state index >= 15 is 0 Å². The lowest BCUT2D eigenvalue weighted by Gasteiger charge is -2.11. The van der Waals surface area contributed by atoms with Gasteiger partial charge in [0.05, 0.1) is 25.7 Å². The number of anilines is 2. The van der Waals surface area contributed by atoms with Crippen LogP contribution in [0.3, 0.4) is 0 Å². The molecule has 0 atom stereocenters. The molecule has 1 amide bonds. The number of amides is 1. The van der Waals surface area contributed by atoms with Crippen LogP contribution in [0.25, 0.3) is 0 Å². The van der Waals surface area contributed by atoms with Gasteiger partial charge in [-0.3, -0.25) is 9.52 Å². The summed E-state index contributed by atoms with van der Waals surface area (Å²) in [6.07, 6.45) is 0. The van der Waals surface area contributed by atoms with Crippen LogP contribution in [0, 0.1) is 13.8 Å². The highest BCUT2D eigenvalue weighted by Gasteiger charge is 2.15. The SMILES string of the molecule is Cc1cc(C)cc(NS(=O)(=O)c2ccc(OCC(=O)Nc3cc(Cl)c(Cl)cc3Cl)cc2)c1. The number of hydrogen-bond acceptors (Lipinski definition) is 4. The lowest BCUT2D eigenvalue weighted by molar-refractivity contribution is -0.118. The summed E-state index contributed by atoms with van der Waals surface area (Å²) in [5, 5.41) is 3.33. The van der Waals surface area contributed by atoms with Crippen LogP contribution >= 0.6 is 34.8 Å². The van der Waals surface area contributed by atoms with E-state index < -0.39 is 15.9 Å². The summed E-state index contributed by atoms with van der Waals surface area (Å²) in [6, 6.07) is 14.0. The number of aryl methyl sites for hydroxylation is 2. The lowest BCUT2D eigenvalue weighted by Crippen LogP contribution is -2.20. The van der Waals surface area contributed by atoms with Crippen molar-refractivity contribution in [2.75, 3.05) is 16.6 Å². The lowest BCUT2D eigenvalue weighted by atomic mass is 10.1. The summed E-state index contributed by atoms with van der Waals surface area (Å²) in [4.78, 5) is 12.2. The van der Waals surface area contributed by atoms with Gasteiger partial charge in [0.15, 0.2) is 6.61 Å². The fourth-order valence-electron chi connectivity index (χ4n) is 2.92. The van der Waals surface area contributed by atoms with Crippen molar-refractivity contribution in [3.63, 3.8) is 0 Å². The van der Waals surface area contributed by atoms with Gasteiger partial charge in [-0.15, -0.1) is 0 Å². The van der Waals surface area contributed by atoms with Crippen LogP contribution in [0.15, 0.2) is 59.5 Å². The molecule has 0 saturated heterocycles. The highest BCUT2D eigenvalue weighted by Crippen LogP contribution is 2.32. The summed E-state index contributed by atoms with van der Waals surface area (Å²) in [7, 11) is -3.77. The van der Waals surface area contributed by atoms with Crippen molar-refractivity contribution in [3.05, 3.63) is 80.8 Å². The van der Waals surface area contributed by atoms with Gasteiger partial charge in [-0.1, -0.05) is 40.9 Å². The second-order valence-electron chi connectivity index (χ2n) is 7.04. The molecule has 0 fully saturated rings. The maximum Gasteiger partial charge on any atom is 0.262 e. The average Bonchev–Trinajstić information content (AvgIpc) is 2.69. The zero-order valence-electron chi connectivity index (χ0n) is 17.1. The van der Waals surface area contributed by atoms with E-state index in [4.69, 9.17) is 39.5 Å². The Morgan fingerprint density at radius 2 is 1.47 bits per heavy atom. The Balaban J connectivity index is 1.61. The van der Waals surface area contributed by atoms with Gasteiger partial charge in [0.1, 0.15) is 5.75 Å². The maximum absolute atomic E-state index is 12.6. The van der Waals surface area contributed by atoms with Crippen molar-refractivity contribution in [1.82, 2.24) is 0 Å². The first kappa shape index (κ1) is 24.2. The quantitative estimate of drug-likeness (QED) is 0.375. The normalized spacial score (nSPS) is 11.2. The Kier molecular flexibility index (Phi) is 7.56. The highest BCUT2D eigenvalue weighted by molar-refractivity contribution is 7.92. The summed E-state index contributed by atoms with van der Waals surface area (Å²) in [6.45, 7) is 3.47. The molecule has 0 aromatic heterocycles. The van der Waals surface area contributed by atoms with Crippen molar-refractivity contribution >= 4 is 62.1 Å². The first-order chi connectivity index (χ1) is 15.0. The van der Waals surface area contributed by atoms with E-state index in [0.29, 0.717) is 17.1 Å². The van der Waals surface area contributed by atoms with E-state index in [9.17, 15) is 13.2 Å². The Bertz CT molecular complexity index is 1240. The average molecular weight is 514 g/mol. The Morgan fingerprint density at radius 3 is 2.09 bits per heavy atom. The Labute approximate surface area is 201 Å². The molecule has 0 bridgehead atoms. The van der Waals surface area contributed by atoms with Gasteiger partial charge >= 0.3 is 0 Å². The summed E-state index contributed by atoms with van der Waals surface area (Å²) in [5.74, 6) is -0.149. The largest absolute Gasteiger partial charge is 0.484 e. The predicted octanol–water partition coefficient (Wildman–Crippen LogP) is 6.08. The number of ether oxygens (including phenoxy) is 1. The molecule has 0 radical (unpaired) electrons. The number of carbonyl (C=O) groups excluding carboxylic acids is 1. The van der Waals surface area contributed by atoms with E-state index in [0.717, 1.165) is 11.1 Å². The molecule has 0 heterocycles. The molecule has 6 nitrogen and oxygen atoms in total. The highest BCUT2D eigenvalue weighted by atomic mass is 35.5. The topological polar surface area (TPSA) is 84.5 Å². The van der Waals surface area contributed by atoms with E-state index in [1.165, 1.54) is 36.4 Å². The fraction of sp³-hybridized carbons (Fsp3) is 0.136. The van der Waals surface area contributed by atoms with Gasteiger partial charge in [-0.25, -0.2) is 8.42 Å². The molecular formula is C22H19Cl3N2O4S. The molecule has 10 heteroatoms. The van der Waals surface area contributed by atoms with E-state index in [-0.39, 0.29) is 26.6 Å². The molecule has 3 aromatic rings. The second-order valence-corrected chi connectivity index (χ2v) is 9.94. The van der Waals surface area contributed by atoms with Gasteiger partial charge in [-0.05, 0) is 73.5 Å². The standard InChI is InChI=1S/C22H19Cl3N2O4S/c1-13-7-14(2)9-15(8-13)27-32(29,30)17-5-3-16(4-6-17)31-12-22(28)26-21-11-19(24)18(23)10-20(21)25/h3-11,27H,12H2,1-2H3,(H,26,28). The second kappa shape index (κ2) is 10.0. The van der Waals surface area contributed by atoms with Crippen molar-refractivity contribution < 1.29 is 17.9 Å². The monoisotopic (exact) mass is 512 g/mol. The van der Waals surface area contributed by atoms with Gasteiger partial charge in [0.2, 0.25) is 0 Å². The van der Waals surface area contributed by atoms with Crippen molar-refractivity contribution in [2.24, 2.45) is 0 Å². The summed E-state index contributed by atoms with van der Waals surface area (Å²) >= 11 is 17.8. The number of sulfonamides is 1. The molecular weight excluding hydrogens is 495 g/mol. The van der Waals surface area contributed by atoms with E-state index in [1.54, 1.807) is 12.1 Å². The van der Waals surface area contributed by atoms with Crippen molar-refractivity contribution in [2.45, 2.75) is 18.7 Å². The molecule has 3 rings (SSSR count). The number of rotatable bonds is 7. The third kappa shape index (κ3) is 6.29. The third-order valence-corrected chi connectivity index (χ3v) is 6.69. The Hall–Kier alpha value is -2.45. The van der Waals surface area contributed by atoms with Gasteiger partial charge in [0, 0.05) is 5.69 Å².